The maximum Gasteiger partial charge on any atom is 0.258 e. The van der Waals surface area contributed by atoms with E-state index in [1.165, 1.54) is 29.2 Å². The second-order valence-electron chi connectivity index (χ2n) is 5.28. The standard InChI is InChI=1S/C13H19N9OS/c1-15-10-17-11(21-5-3-2-4-6-21)19-12(18-10)22-8-16-13(20-22)24-7-9(14)23/h8H,2-7H2,1H3,(H2,14,23)(H,15,17,18,19). The molecule has 1 amide bonds. The summed E-state index contributed by atoms with van der Waals surface area (Å²) in [5.41, 5.74) is 5.13. The van der Waals surface area contributed by atoms with Gasteiger partial charge in [0.2, 0.25) is 23.0 Å². The second kappa shape index (κ2) is 7.43. The molecule has 10 nitrogen and oxygen atoms in total. The van der Waals surface area contributed by atoms with E-state index in [1.54, 1.807) is 7.05 Å². The number of primary amides is 1. The quantitative estimate of drug-likeness (QED) is 0.696. The van der Waals surface area contributed by atoms with Gasteiger partial charge in [0.05, 0.1) is 5.75 Å². The Kier molecular flexibility index (Phi) is 5.08. The van der Waals surface area contributed by atoms with Crippen molar-refractivity contribution < 1.29 is 4.79 Å². The fourth-order valence-corrected chi connectivity index (χ4v) is 2.89. The largest absolute Gasteiger partial charge is 0.369 e. The number of carbonyl (C=O) groups excluding carboxylic acids is 1. The maximum atomic E-state index is 10.8. The third kappa shape index (κ3) is 3.91. The lowest BCUT2D eigenvalue weighted by molar-refractivity contribution is -0.115. The van der Waals surface area contributed by atoms with Crippen molar-refractivity contribution in [2.75, 3.05) is 36.1 Å². The predicted octanol–water partition coefficient (Wildman–Crippen LogP) is 0.0617. The summed E-state index contributed by atoms with van der Waals surface area (Å²) in [6.07, 6.45) is 5.01. The highest BCUT2D eigenvalue weighted by Crippen LogP contribution is 2.18. The molecule has 24 heavy (non-hydrogen) atoms. The van der Waals surface area contributed by atoms with E-state index in [4.69, 9.17) is 5.73 Å². The molecule has 0 spiro atoms. The third-order valence-electron chi connectivity index (χ3n) is 3.49. The Morgan fingerprint density at radius 3 is 2.71 bits per heavy atom. The molecule has 0 atom stereocenters. The maximum absolute atomic E-state index is 10.8. The molecule has 0 bridgehead atoms. The number of hydrogen-bond acceptors (Lipinski definition) is 9. The highest BCUT2D eigenvalue weighted by Gasteiger charge is 2.17. The van der Waals surface area contributed by atoms with Gasteiger partial charge in [0, 0.05) is 20.1 Å². The monoisotopic (exact) mass is 349 g/mol. The average Bonchev–Trinajstić information content (AvgIpc) is 3.09. The van der Waals surface area contributed by atoms with E-state index in [0.29, 0.717) is 23.0 Å². The van der Waals surface area contributed by atoms with Crippen LogP contribution < -0.4 is 16.0 Å². The van der Waals surface area contributed by atoms with Crippen molar-refractivity contribution >= 4 is 29.6 Å². The zero-order valence-corrected chi connectivity index (χ0v) is 14.2. The number of piperidine rings is 1. The van der Waals surface area contributed by atoms with Crippen LogP contribution in [-0.2, 0) is 4.79 Å². The summed E-state index contributed by atoms with van der Waals surface area (Å²) >= 11 is 1.17. The minimum Gasteiger partial charge on any atom is -0.369 e. The number of hydrogen-bond donors (Lipinski definition) is 2. The molecule has 1 fully saturated rings. The highest BCUT2D eigenvalue weighted by atomic mass is 32.2. The molecular weight excluding hydrogens is 330 g/mol. The van der Waals surface area contributed by atoms with Crippen LogP contribution in [0.1, 0.15) is 19.3 Å². The van der Waals surface area contributed by atoms with Crippen molar-refractivity contribution in [2.45, 2.75) is 24.4 Å². The summed E-state index contributed by atoms with van der Waals surface area (Å²) in [6.45, 7) is 1.87. The lowest BCUT2D eigenvalue weighted by atomic mass is 10.1. The summed E-state index contributed by atoms with van der Waals surface area (Å²) in [5.74, 6) is 1.20. The van der Waals surface area contributed by atoms with Crippen molar-refractivity contribution in [2.24, 2.45) is 5.73 Å². The summed E-state index contributed by atoms with van der Waals surface area (Å²) < 4.78 is 1.47. The average molecular weight is 349 g/mol. The van der Waals surface area contributed by atoms with Crippen molar-refractivity contribution in [1.29, 1.82) is 0 Å². The normalized spacial score (nSPS) is 14.6. The van der Waals surface area contributed by atoms with Gasteiger partial charge in [-0.15, -0.1) is 5.10 Å². The molecule has 128 valence electrons. The first-order chi connectivity index (χ1) is 11.7. The van der Waals surface area contributed by atoms with Crippen molar-refractivity contribution in [3.63, 3.8) is 0 Å². The Bertz CT molecular complexity index is 713. The lowest BCUT2D eigenvalue weighted by Crippen LogP contribution is -2.31. The molecule has 0 radical (unpaired) electrons. The molecule has 11 heteroatoms. The Morgan fingerprint density at radius 1 is 1.25 bits per heavy atom. The van der Waals surface area contributed by atoms with Crippen LogP contribution in [0.4, 0.5) is 11.9 Å². The van der Waals surface area contributed by atoms with Crippen molar-refractivity contribution in [3.05, 3.63) is 6.33 Å². The van der Waals surface area contributed by atoms with Gasteiger partial charge in [-0.3, -0.25) is 4.79 Å². The highest BCUT2D eigenvalue weighted by molar-refractivity contribution is 7.99. The number of thioether (sulfide) groups is 1. The van der Waals surface area contributed by atoms with Crippen LogP contribution in [0.25, 0.3) is 5.95 Å². The number of nitrogens with two attached hydrogens (primary N) is 1. The minimum atomic E-state index is -0.415. The number of aromatic nitrogens is 6. The van der Waals surface area contributed by atoms with E-state index < -0.39 is 5.91 Å². The lowest BCUT2D eigenvalue weighted by Gasteiger charge is -2.26. The molecule has 2 aromatic heterocycles. The van der Waals surface area contributed by atoms with Gasteiger partial charge in [-0.2, -0.15) is 19.6 Å². The molecular formula is C13H19N9OS. The van der Waals surface area contributed by atoms with Crippen LogP contribution in [0.15, 0.2) is 11.5 Å². The molecule has 0 unspecified atom stereocenters. The third-order valence-corrected chi connectivity index (χ3v) is 4.37. The first-order valence-electron chi connectivity index (χ1n) is 7.67. The van der Waals surface area contributed by atoms with E-state index >= 15 is 0 Å². The number of nitrogens with one attached hydrogen (secondary N) is 1. The van der Waals surface area contributed by atoms with Crippen LogP contribution in [0, 0.1) is 0 Å². The molecule has 2 aromatic rings. The fourth-order valence-electron chi connectivity index (χ4n) is 2.35. The first-order valence-corrected chi connectivity index (χ1v) is 8.66. The van der Waals surface area contributed by atoms with Crippen LogP contribution >= 0.6 is 11.8 Å². The molecule has 0 aromatic carbocycles. The summed E-state index contributed by atoms with van der Waals surface area (Å²) in [7, 11) is 1.76. The molecule has 0 aliphatic carbocycles. The van der Waals surface area contributed by atoms with Gasteiger partial charge in [0.25, 0.3) is 5.95 Å². The molecule has 3 N–H and O–H groups in total. The van der Waals surface area contributed by atoms with Gasteiger partial charge >= 0.3 is 0 Å². The van der Waals surface area contributed by atoms with Gasteiger partial charge in [-0.25, -0.2) is 4.98 Å². The number of nitrogens with zero attached hydrogens (tertiary/aromatic N) is 7. The van der Waals surface area contributed by atoms with Crippen molar-refractivity contribution in [1.82, 2.24) is 29.7 Å². The molecule has 1 saturated heterocycles. The first kappa shape index (κ1) is 16.4. The van der Waals surface area contributed by atoms with Gasteiger partial charge < -0.3 is 16.0 Å². The second-order valence-corrected chi connectivity index (χ2v) is 6.23. The zero-order valence-electron chi connectivity index (χ0n) is 13.3. The summed E-state index contributed by atoms with van der Waals surface area (Å²) in [6, 6.07) is 0. The Morgan fingerprint density at radius 2 is 2.00 bits per heavy atom. The Labute approximate surface area is 143 Å². The number of anilines is 2. The summed E-state index contributed by atoms with van der Waals surface area (Å²) in [5, 5.41) is 7.67. The van der Waals surface area contributed by atoms with E-state index in [1.807, 2.05) is 0 Å². The van der Waals surface area contributed by atoms with Crippen LogP contribution in [0.3, 0.4) is 0 Å². The van der Waals surface area contributed by atoms with E-state index in [2.05, 4.69) is 35.3 Å². The van der Waals surface area contributed by atoms with Crippen molar-refractivity contribution in [3.8, 4) is 5.95 Å². The molecule has 1 aliphatic heterocycles. The fraction of sp³-hybridized carbons (Fsp3) is 0.538. The summed E-state index contributed by atoms with van der Waals surface area (Å²) in [4.78, 5) is 30.4. The number of carbonyl (C=O) groups is 1. The number of amides is 1. The van der Waals surface area contributed by atoms with Gasteiger partial charge in [0.15, 0.2) is 0 Å². The van der Waals surface area contributed by atoms with Gasteiger partial charge in [-0.05, 0) is 19.3 Å². The van der Waals surface area contributed by atoms with Crippen LogP contribution in [-0.4, -0.2) is 61.5 Å². The van der Waals surface area contributed by atoms with Crippen LogP contribution in [0.2, 0.25) is 0 Å². The molecule has 1 aliphatic rings. The minimum absolute atomic E-state index is 0.127. The van der Waals surface area contributed by atoms with E-state index in [0.717, 1.165) is 25.9 Å². The Balaban J connectivity index is 1.85. The molecule has 3 heterocycles. The van der Waals surface area contributed by atoms with Crippen LogP contribution in [0.5, 0.6) is 0 Å². The smallest absolute Gasteiger partial charge is 0.258 e. The molecule has 0 saturated carbocycles. The zero-order chi connectivity index (χ0) is 16.9. The van der Waals surface area contributed by atoms with Gasteiger partial charge in [-0.1, -0.05) is 11.8 Å². The number of rotatable bonds is 6. The predicted molar refractivity (Wildman–Crippen MR) is 90.3 cm³/mol. The van der Waals surface area contributed by atoms with E-state index in [9.17, 15) is 4.79 Å². The molecule has 3 rings (SSSR count). The topological polar surface area (TPSA) is 128 Å². The van der Waals surface area contributed by atoms with Gasteiger partial charge in [0.1, 0.15) is 6.33 Å². The SMILES string of the molecule is CNc1nc(N2CCCCC2)nc(-n2cnc(SCC(N)=O)n2)n1. The Hall–Kier alpha value is -2.43. The van der Waals surface area contributed by atoms with E-state index in [-0.39, 0.29) is 5.75 Å².